The van der Waals surface area contributed by atoms with Crippen molar-refractivity contribution in [1.29, 1.82) is 0 Å². The minimum atomic E-state index is -4.01. The third-order valence-corrected chi connectivity index (χ3v) is 8.64. The lowest BCUT2D eigenvalue weighted by Crippen LogP contribution is -2.37. The van der Waals surface area contributed by atoms with Gasteiger partial charge in [-0.2, -0.15) is 4.31 Å². The summed E-state index contributed by atoms with van der Waals surface area (Å²) in [5.41, 5.74) is -0.273. The first-order valence-corrected chi connectivity index (χ1v) is 12.1. The van der Waals surface area contributed by atoms with Gasteiger partial charge in [0.2, 0.25) is 15.9 Å². The minimum absolute atomic E-state index is 0.0295. The van der Waals surface area contributed by atoms with Crippen LogP contribution in [0, 0.1) is 15.9 Å². The van der Waals surface area contributed by atoms with Crippen molar-refractivity contribution in [2.24, 2.45) is 0 Å². The highest BCUT2D eigenvalue weighted by Crippen LogP contribution is 2.50. The van der Waals surface area contributed by atoms with Crippen LogP contribution < -0.4 is 5.69 Å². The fourth-order valence-corrected chi connectivity index (χ4v) is 6.89. The Kier molecular flexibility index (Phi) is 4.44. The van der Waals surface area contributed by atoms with Gasteiger partial charge >= 0.3 is 5.69 Å². The molecule has 35 heavy (non-hydrogen) atoms. The third kappa shape index (κ3) is 2.90. The Morgan fingerprint density at radius 1 is 1.03 bits per heavy atom. The second-order valence-electron chi connectivity index (χ2n) is 8.54. The molecule has 1 fully saturated rings. The standard InChI is InChI=1S/C23H17FN4O6S/c24-13-5-7-15(8-6-13)35(33,34)25-12-14-11-20(25)21-22(29)27(23(30)26(14)21)18-9-10-19(28(31)32)17-4-2-1-3-16(17)18/h1-10,14,20,29H,11-12H2. The number of hydrogen-bond donors (Lipinski definition) is 1. The summed E-state index contributed by atoms with van der Waals surface area (Å²) in [6.45, 7) is 0.0295. The quantitative estimate of drug-likeness (QED) is 0.341. The molecular weight excluding hydrogens is 479 g/mol. The smallest absolute Gasteiger partial charge is 0.336 e. The van der Waals surface area contributed by atoms with Gasteiger partial charge in [-0.15, -0.1) is 0 Å². The van der Waals surface area contributed by atoms with Crippen LogP contribution in [0.25, 0.3) is 16.5 Å². The normalized spacial score (nSPS) is 19.3. The Bertz CT molecular complexity index is 1710. The average molecular weight is 496 g/mol. The summed E-state index contributed by atoms with van der Waals surface area (Å²) in [6, 6.07) is 12.4. The summed E-state index contributed by atoms with van der Waals surface area (Å²) < 4.78 is 43.5. The summed E-state index contributed by atoms with van der Waals surface area (Å²) in [4.78, 5) is 24.3. The number of aromatic nitrogens is 2. The monoisotopic (exact) mass is 496 g/mol. The molecule has 3 heterocycles. The van der Waals surface area contributed by atoms with Crippen molar-refractivity contribution in [1.82, 2.24) is 13.4 Å². The number of nitro groups is 1. The summed E-state index contributed by atoms with van der Waals surface area (Å²) in [6.07, 6.45) is 0.320. The Morgan fingerprint density at radius 2 is 1.71 bits per heavy atom. The molecule has 0 saturated carbocycles. The highest BCUT2D eigenvalue weighted by atomic mass is 32.2. The molecule has 0 aliphatic carbocycles. The molecule has 2 atom stereocenters. The fraction of sp³-hybridized carbons (Fsp3) is 0.174. The number of halogens is 1. The van der Waals surface area contributed by atoms with Crippen LogP contribution in [-0.2, 0) is 10.0 Å². The number of imidazole rings is 1. The van der Waals surface area contributed by atoms with Gasteiger partial charge in [-0.1, -0.05) is 18.2 Å². The molecule has 4 aromatic rings. The molecule has 1 saturated heterocycles. The van der Waals surface area contributed by atoms with Crippen molar-refractivity contribution < 1.29 is 22.8 Å². The lowest BCUT2D eigenvalue weighted by Gasteiger charge is -2.26. The maximum atomic E-state index is 13.4. The number of aromatic hydroxyl groups is 1. The summed E-state index contributed by atoms with van der Waals surface area (Å²) in [7, 11) is -4.01. The molecule has 0 amide bonds. The van der Waals surface area contributed by atoms with Crippen LogP contribution in [0.2, 0.25) is 0 Å². The number of sulfonamides is 1. The molecule has 2 aliphatic heterocycles. The van der Waals surface area contributed by atoms with E-state index in [1.165, 1.54) is 33.1 Å². The maximum Gasteiger partial charge on any atom is 0.336 e. The number of non-ortho nitro benzene ring substituents is 1. The van der Waals surface area contributed by atoms with Crippen molar-refractivity contribution in [2.75, 3.05) is 6.54 Å². The Morgan fingerprint density at radius 3 is 2.40 bits per heavy atom. The molecule has 2 bridgehead atoms. The van der Waals surface area contributed by atoms with Gasteiger partial charge in [-0.05, 0) is 42.8 Å². The highest BCUT2D eigenvalue weighted by Gasteiger charge is 2.51. The molecule has 1 N–H and O–H groups in total. The fourth-order valence-electron chi connectivity index (χ4n) is 5.25. The van der Waals surface area contributed by atoms with E-state index in [2.05, 4.69) is 0 Å². The average Bonchev–Trinajstić information content (AvgIpc) is 3.50. The van der Waals surface area contributed by atoms with Gasteiger partial charge in [0.1, 0.15) is 11.5 Å². The topological polar surface area (TPSA) is 128 Å². The molecule has 6 rings (SSSR count). The van der Waals surface area contributed by atoms with E-state index in [0.29, 0.717) is 17.2 Å². The second kappa shape index (κ2) is 7.23. The molecule has 0 spiro atoms. The molecule has 10 nitrogen and oxygen atoms in total. The molecule has 3 aromatic carbocycles. The van der Waals surface area contributed by atoms with Gasteiger partial charge in [-0.25, -0.2) is 22.2 Å². The number of benzene rings is 3. The highest BCUT2D eigenvalue weighted by molar-refractivity contribution is 7.89. The van der Waals surface area contributed by atoms with E-state index in [9.17, 15) is 32.8 Å². The van der Waals surface area contributed by atoms with E-state index in [0.717, 1.165) is 16.7 Å². The van der Waals surface area contributed by atoms with Crippen LogP contribution in [0.4, 0.5) is 10.1 Å². The molecular formula is C23H17FN4O6S. The van der Waals surface area contributed by atoms with Gasteiger partial charge in [0, 0.05) is 18.0 Å². The predicted octanol–water partition coefficient (Wildman–Crippen LogP) is 3.24. The number of nitro benzene ring substituents is 1. The van der Waals surface area contributed by atoms with Gasteiger partial charge in [0.25, 0.3) is 5.69 Å². The summed E-state index contributed by atoms with van der Waals surface area (Å²) in [5.74, 6) is -0.980. The first-order chi connectivity index (χ1) is 16.7. The van der Waals surface area contributed by atoms with Gasteiger partial charge in [0.05, 0.1) is 33.0 Å². The van der Waals surface area contributed by atoms with Crippen LogP contribution in [-0.4, -0.2) is 38.4 Å². The largest absolute Gasteiger partial charge is 0.493 e. The Balaban J connectivity index is 1.50. The Labute approximate surface area is 197 Å². The molecule has 0 radical (unpaired) electrons. The van der Waals surface area contributed by atoms with Crippen molar-refractivity contribution in [2.45, 2.75) is 23.4 Å². The zero-order valence-corrected chi connectivity index (χ0v) is 18.7. The summed E-state index contributed by atoms with van der Waals surface area (Å²) >= 11 is 0. The van der Waals surface area contributed by atoms with Crippen LogP contribution in [0.5, 0.6) is 5.88 Å². The molecule has 2 aliphatic rings. The van der Waals surface area contributed by atoms with Gasteiger partial charge in [0.15, 0.2) is 0 Å². The number of hydrogen-bond acceptors (Lipinski definition) is 6. The lowest BCUT2D eigenvalue weighted by molar-refractivity contribution is -0.383. The van der Waals surface area contributed by atoms with Crippen molar-refractivity contribution in [3.8, 4) is 11.6 Å². The molecule has 2 unspecified atom stereocenters. The van der Waals surface area contributed by atoms with Crippen molar-refractivity contribution in [3.05, 3.63) is 92.8 Å². The number of rotatable bonds is 4. The van der Waals surface area contributed by atoms with E-state index in [1.807, 2.05) is 0 Å². The Hall–Kier alpha value is -4.03. The summed E-state index contributed by atoms with van der Waals surface area (Å²) in [5, 5.41) is 23.3. The van der Waals surface area contributed by atoms with E-state index in [-0.39, 0.29) is 28.5 Å². The molecule has 12 heteroatoms. The van der Waals surface area contributed by atoms with Crippen LogP contribution in [0.1, 0.15) is 24.2 Å². The number of fused-ring (bicyclic) bond motifs is 6. The van der Waals surface area contributed by atoms with Gasteiger partial charge < -0.3 is 5.11 Å². The minimum Gasteiger partial charge on any atom is -0.493 e. The number of nitrogens with zero attached hydrogens (tertiary/aromatic N) is 4. The lowest BCUT2D eigenvalue weighted by atomic mass is 10.1. The molecule has 1 aromatic heterocycles. The SMILES string of the molecule is O=c1n(-c2ccc([N+](=O)[O-])c3ccccc23)c(O)c2n1C1CC2N(S(=O)(=O)c2ccc(F)cc2)C1. The maximum absolute atomic E-state index is 13.4. The van der Waals surface area contributed by atoms with E-state index in [1.54, 1.807) is 24.3 Å². The van der Waals surface area contributed by atoms with Crippen molar-refractivity contribution in [3.63, 3.8) is 0 Å². The zero-order chi connectivity index (χ0) is 24.6. The zero-order valence-electron chi connectivity index (χ0n) is 17.9. The first-order valence-electron chi connectivity index (χ1n) is 10.7. The first kappa shape index (κ1) is 21.5. The van der Waals surface area contributed by atoms with E-state index >= 15 is 0 Å². The molecule has 178 valence electrons. The van der Waals surface area contributed by atoms with Crippen LogP contribution >= 0.6 is 0 Å². The predicted molar refractivity (Wildman–Crippen MR) is 123 cm³/mol. The van der Waals surface area contributed by atoms with Crippen molar-refractivity contribution >= 4 is 26.5 Å². The van der Waals surface area contributed by atoms with E-state index < -0.39 is 44.4 Å². The van der Waals surface area contributed by atoms with Gasteiger partial charge in [-0.3, -0.25) is 14.7 Å². The van der Waals surface area contributed by atoms with Crippen LogP contribution in [0.15, 0.2) is 70.4 Å². The second-order valence-corrected chi connectivity index (χ2v) is 10.4. The third-order valence-electron chi connectivity index (χ3n) is 6.75. The van der Waals surface area contributed by atoms with Crippen LogP contribution in [0.3, 0.4) is 0 Å². The van der Waals surface area contributed by atoms with E-state index in [4.69, 9.17) is 0 Å².